The van der Waals surface area contributed by atoms with Crippen LogP contribution in [0.3, 0.4) is 0 Å². The third-order valence-electron chi connectivity index (χ3n) is 3.32. The van der Waals surface area contributed by atoms with E-state index in [-0.39, 0.29) is 5.91 Å². The average molecular weight is 391 g/mol. The molecule has 23 heavy (non-hydrogen) atoms. The van der Waals surface area contributed by atoms with Gasteiger partial charge in [0.05, 0.1) is 6.54 Å². The van der Waals surface area contributed by atoms with Crippen LogP contribution in [0, 0.1) is 0 Å². The van der Waals surface area contributed by atoms with Crippen molar-refractivity contribution in [3.05, 3.63) is 81.5 Å². The van der Waals surface area contributed by atoms with E-state index >= 15 is 0 Å². The van der Waals surface area contributed by atoms with Gasteiger partial charge in [0, 0.05) is 20.6 Å². The topological polar surface area (TPSA) is 42.2 Å². The lowest BCUT2D eigenvalue weighted by Crippen LogP contribution is -2.22. The molecule has 2 aromatic carbocycles. The van der Waals surface area contributed by atoms with Gasteiger partial charge in [-0.05, 0) is 60.7 Å². The Bertz CT molecular complexity index is 810. The summed E-state index contributed by atoms with van der Waals surface area (Å²) in [5.74, 6) is 1.30. The summed E-state index contributed by atoms with van der Waals surface area (Å²) < 4.78 is 6.69. The fourth-order valence-corrected chi connectivity index (χ4v) is 2.50. The van der Waals surface area contributed by atoms with E-state index in [9.17, 15) is 4.79 Å². The van der Waals surface area contributed by atoms with E-state index in [1.165, 1.54) is 0 Å². The molecular weight excluding hydrogens is 378 g/mol. The number of nitrogens with one attached hydrogen (secondary N) is 1. The van der Waals surface area contributed by atoms with Crippen LogP contribution in [-0.2, 0) is 6.54 Å². The van der Waals surface area contributed by atoms with Crippen LogP contribution in [0.2, 0.25) is 5.02 Å². The molecule has 0 aliphatic heterocycles. The van der Waals surface area contributed by atoms with Gasteiger partial charge in [-0.3, -0.25) is 4.79 Å². The molecule has 0 aliphatic rings. The van der Waals surface area contributed by atoms with Gasteiger partial charge in [0.15, 0.2) is 0 Å². The standard InChI is InChI=1S/C18H13BrClNO2/c19-14-5-1-13(2-6-14)18(22)21-11-16-9-10-17(23-16)12-3-7-15(20)8-4-12/h1-10H,11H2,(H,21,22). The fourth-order valence-electron chi connectivity index (χ4n) is 2.11. The molecule has 0 radical (unpaired) electrons. The number of carbonyl (C=O) groups is 1. The van der Waals surface area contributed by atoms with E-state index in [4.69, 9.17) is 16.0 Å². The number of benzene rings is 2. The first-order valence-corrected chi connectivity index (χ1v) is 8.17. The van der Waals surface area contributed by atoms with Crippen molar-refractivity contribution < 1.29 is 9.21 Å². The first-order valence-electron chi connectivity index (χ1n) is 7.00. The van der Waals surface area contributed by atoms with Gasteiger partial charge in [-0.1, -0.05) is 27.5 Å². The van der Waals surface area contributed by atoms with Crippen LogP contribution in [0.1, 0.15) is 16.1 Å². The van der Waals surface area contributed by atoms with Gasteiger partial charge in [0.2, 0.25) is 0 Å². The highest BCUT2D eigenvalue weighted by Crippen LogP contribution is 2.23. The van der Waals surface area contributed by atoms with Crippen molar-refractivity contribution in [3.8, 4) is 11.3 Å². The lowest BCUT2D eigenvalue weighted by atomic mass is 10.2. The lowest BCUT2D eigenvalue weighted by molar-refractivity contribution is 0.0948. The number of furan rings is 1. The maximum Gasteiger partial charge on any atom is 0.251 e. The van der Waals surface area contributed by atoms with E-state index < -0.39 is 0 Å². The lowest BCUT2D eigenvalue weighted by Gasteiger charge is -2.03. The van der Waals surface area contributed by atoms with Crippen molar-refractivity contribution in [2.24, 2.45) is 0 Å². The van der Waals surface area contributed by atoms with Crippen LogP contribution in [0.5, 0.6) is 0 Å². The summed E-state index contributed by atoms with van der Waals surface area (Å²) in [4.78, 5) is 12.1. The van der Waals surface area contributed by atoms with E-state index in [1.807, 2.05) is 48.5 Å². The summed E-state index contributed by atoms with van der Waals surface area (Å²) in [6, 6.07) is 18.3. The van der Waals surface area contributed by atoms with Gasteiger partial charge in [-0.15, -0.1) is 0 Å². The molecule has 3 aromatic rings. The van der Waals surface area contributed by atoms with Gasteiger partial charge in [-0.2, -0.15) is 0 Å². The molecule has 3 rings (SSSR count). The Balaban J connectivity index is 1.64. The first-order chi connectivity index (χ1) is 11.1. The summed E-state index contributed by atoms with van der Waals surface area (Å²) >= 11 is 9.22. The van der Waals surface area contributed by atoms with Crippen molar-refractivity contribution >= 4 is 33.4 Å². The highest BCUT2D eigenvalue weighted by molar-refractivity contribution is 9.10. The highest BCUT2D eigenvalue weighted by Gasteiger charge is 2.08. The molecule has 1 heterocycles. The number of carbonyl (C=O) groups excluding carboxylic acids is 1. The van der Waals surface area contributed by atoms with Crippen molar-refractivity contribution in [1.82, 2.24) is 5.32 Å². The predicted molar refractivity (Wildman–Crippen MR) is 94.5 cm³/mol. The number of rotatable bonds is 4. The quantitative estimate of drug-likeness (QED) is 0.657. The Morgan fingerprint density at radius 2 is 1.70 bits per heavy atom. The van der Waals surface area contributed by atoms with Crippen LogP contribution in [-0.4, -0.2) is 5.91 Å². The van der Waals surface area contributed by atoms with Crippen LogP contribution in [0.15, 0.2) is 69.6 Å². The molecule has 1 N–H and O–H groups in total. The van der Waals surface area contributed by atoms with E-state index in [1.54, 1.807) is 12.1 Å². The van der Waals surface area contributed by atoms with Gasteiger partial charge >= 0.3 is 0 Å². The largest absolute Gasteiger partial charge is 0.459 e. The molecule has 0 spiro atoms. The minimum absolute atomic E-state index is 0.137. The Morgan fingerprint density at radius 1 is 1.00 bits per heavy atom. The van der Waals surface area contributed by atoms with Crippen LogP contribution in [0.4, 0.5) is 0 Å². The van der Waals surface area contributed by atoms with Gasteiger partial charge in [-0.25, -0.2) is 0 Å². The summed E-state index contributed by atoms with van der Waals surface area (Å²) in [6.07, 6.45) is 0. The Hall–Kier alpha value is -2.04. The Kier molecular flexibility index (Phi) is 4.84. The highest BCUT2D eigenvalue weighted by atomic mass is 79.9. The number of hydrogen-bond donors (Lipinski definition) is 1. The molecule has 3 nitrogen and oxygen atoms in total. The molecule has 0 saturated carbocycles. The zero-order chi connectivity index (χ0) is 16.2. The van der Waals surface area contributed by atoms with Gasteiger partial charge < -0.3 is 9.73 Å². The normalized spacial score (nSPS) is 10.5. The molecule has 0 saturated heterocycles. The number of halogens is 2. The predicted octanol–water partition coefficient (Wildman–Crippen LogP) is 5.29. The Labute approximate surface area is 147 Å². The molecule has 1 amide bonds. The number of amides is 1. The molecule has 0 fully saturated rings. The number of hydrogen-bond acceptors (Lipinski definition) is 2. The minimum atomic E-state index is -0.137. The third-order valence-corrected chi connectivity index (χ3v) is 4.10. The van der Waals surface area contributed by atoms with Crippen molar-refractivity contribution in [2.75, 3.05) is 0 Å². The summed E-state index contributed by atoms with van der Waals surface area (Å²) in [5, 5.41) is 3.52. The van der Waals surface area contributed by atoms with Crippen LogP contribution < -0.4 is 5.32 Å². The Morgan fingerprint density at radius 3 is 2.39 bits per heavy atom. The second kappa shape index (κ2) is 7.02. The fraction of sp³-hybridized carbons (Fsp3) is 0.0556. The van der Waals surface area contributed by atoms with E-state index in [0.717, 1.165) is 15.8 Å². The monoisotopic (exact) mass is 389 g/mol. The van der Waals surface area contributed by atoms with Crippen LogP contribution >= 0.6 is 27.5 Å². The summed E-state index contributed by atoms with van der Waals surface area (Å²) in [6.45, 7) is 0.336. The molecule has 1 aromatic heterocycles. The van der Waals surface area contributed by atoms with Gasteiger partial charge in [0.1, 0.15) is 11.5 Å². The molecule has 5 heteroatoms. The van der Waals surface area contributed by atoms with E-state index in [0.29, 0.717) is 22.9 Å². The maximum atomic E-state index is 12.1. The van der Waals surface area contributed by atoms with Crippen LogP contribution in [0.25, 0.3) is 11.3 Å². The molecule has 116 valence electrons. The first kappa shape index (κ1) is 15.8. The zero-order valence-electron chi connectivity index (χ0n) is 12.1. The van der Waals surface area contributed by atoms with Crippen molar-refractivity contribution in [1.29, 1.82) is 0 Å². The third kappa shape index (κ3) is 4.03. The summed E-state index contributed by atoms with van der Waals surface area (Å²) in [7, 11) is 0. The zero-order valence-corrected chi connectivity index (χ0v) is 14.4. The molecular formula is C18H13BrClNO2. The molecule has 0 bridgehead atoms. The maximum absolute atomic E-state index is 12.1. The minimum Gasteiger partial charge on any atom is -0.459 e. The van der Waals surface area contributed by atoms with E-state index in [2.05, 4.69) is 21.2 Å². The SMILES string of the molecule is O=C(NCc1ccc(-c2ccc(Cl)cc2)o1)c1ccc(Br)cc1. The van der Waals surface area contributed by atoms with Crippen molar-refractivity contribution in [3.63, 3.8) is 0 Å². The second-order valence-electron chi connectivity index (χ2n) is 4.96. The second-order valence-corrected chi connectivity index (χ2v) is 6.31. The van der Waals surface area contributed by atoms with Crippen molar-refractivity contribution in [2.45, 2.75) is 6.54 Å². The average Bonchev–Trinajstić information content (AvgIpc) is 3.03. The molecule has 0 atom stereocenters. The summed E-state index contributed by atoms with van der Waals surface area (Å²) in [5.41, 5.74) is 1.55. The molecule has 0 aliphatic carbocycles. The smallest absolute Gasteiger partial charge is 0.251 e. The molecule has 0 unspecified atom stereocenters. The van der Waals surface area contributed by atoms with Gasteiger partial charge in [0.25, 0.3) is 5.91 Å².